The summed E-state index contributed by atoms with van der Waals surface area (Å²) >= 11 is 0. The highest BCUT2D eigenvalue weighted by molar-refractivity contribution is 5.49. The summed E-state index contributed by atoms with van der Waals surface area (Å²) in [4.78, 5) is 0. The lowest BCUT2D eigenvalue weighted by atomic mass is 9.68. The van der Waals surface area contributed by atoms with Gasteiger partial charge in [-0.3, -0.25) is 0 Å². The van der Waals surface area contributed by atoms with Gasteiger partial charge in [-0.15, -0.1) is 0 Å². The maximum absolute atomic E-state index is 5.53. The van der Waals surface area contributed by atoms with E-state index in [1.165, 1.54) is 59.2 Å². The molecule has 5 rings (SSSR count). The van der Waals surface area contributed by atoms with Crippen molar-refractivity contribution in [2.75, 3.05) is 20.2 Å². The van der Waals surface area contributed by atoms with Gasteiger partial charge in [-0.05, 0) is 109 Å². The molecule has 0 aliphatic heterocycles. The minimum Gasteiger partial charge on any atom is -0.497 e. The van der Waals surface area contributed by atoms with Crippen LogP contribution < -0.4 is 10.1 Å². The third-order valence-corrected chi connectivity index (χ3v) is 7.46. The number of aryl methyl sites for hydroxylation is 2. The average molecular weight is 426 g/mol. The second-order valence-electron chi connectivity index (χ2n) is 9.68. The maximum Gasteiger partial charge on any atom is 0.119 e. The first-order chi connectivity index (χ1) is 15.7. The number of nitrogens with one attached hydrogen (secondary N) is 1. The van der Waals surface area contributed by atoms with E-state index < -0.39 is 0 Å². The third-order valence-electron chi connectivity index (χ3n) is 7.46. The number of rotatable bonds is 8. The van der Waals surface area contributed by atoms with Crippen molar-refractivity contribution in [2.24, 2.45) is 5.92 Å². The zero-order valence-corrected chi connectivity index (χ0v) is 19.4. The molecule has 166 valence electrons. The van der Waals surface area contributed by atoms with Gasteiger partial charge in [-0.1, -0.05) is 54.6 Å². The Morgan fingerprint density at radius 1 is 0.906 bits per heavy atom. The SMILES string of the molecule is COc1ccc2c(c1)CC[C@H](c1ccccc1C)[C@@H]2c1ccc(CCNCC2CC2)cc1. The predicted molar refractivity (Wildman–Crippen MR) is 133 cm³/mol. The molecule has 0 bridgehead atoms. The molecule has 2 nitrogen and oxygen atoms in total. The molecule has 2 heteroatoms. The van der Waals surface area contributed by atoms with Crippen LogP contribution in [0.1, 0.15) is 64.5 Å². The van der Waals surface area contributed by atoms with Crippen LogP contribution in [0.25, 0.3) is 0 Å². The van der Waals surface area contributed by atoms with Gasteiger partial charge in [0.25, 0.3) is 0 Å². The van der Waals surface area contributed by atoms with E-state index in [0.717, 1.165) is 31.1 Å². The van der Waals surface area contributed by atoms with Crippen LogP contribution in [-0.2, 0) is 12.8 Å². The quantitative estimate of drug-likeness (QED) is 0.421. The van der Waals surface area contributed by atoms with E-state index in [1.807, 2.05) is 0 Å². The van der Waals surface area contributed by atoms with Crippen molar-refractivity contribution in [2.45, 2.75) is 50.9 Å². The summed E-state index contributed by atoms with van der Waals surface area (Å²) < 4.78 is 5.53. The first kappa shape index (κ1) is 21.3. The molecule has 1 saturated carbocycles. The standard InChI is InChI=1S/C30H35NO/c1-21-5-3-4-6-27(21)29-15-13-25-19-26(32-2)14-16-28(25)30(29)24-11-9-22(10-12-24)17-18-31-20-23-7-8-23/h3-6,9-12,14,16,19,23,29-31H,7-8,13,15,17-18,20H2,1-2H3/t29-,30-/m1/s1. The van der Waals surface area contributed by atoms with E-state index in [0.29, 0.717) is 11.8 Å². The predicted octanol–water partition coefficient (Wildman–Crippen LogP) is 6.41. The highest BCUT2D eigenvalue weighted by Gasteiger charge is 2.32. The second kappa shape index (κ2) is 9.50. The Balaban J connectivity index is 1.43. The molecule has 2 aliphatic carbocycles. The number of hydrogen-bond acceptors (Lipinski definition) is 2. The molecule has 3 aromatic carbocycles. The van der Waals surface area contributed by atoms with Crippen molar-refractivity contribution in [1.82, 2.24) is 5.32 Å². The van der Waals surface area contributed by atoms with Crippen molar-refractivity contribution >= 4 is 0 Å². The van der Waals surface area contributed by atoms with Crippen LogP contribution in [0.15, 0.2) is 66.7 Å². The summed E-state index contributed by atoms with van der Waals surface area (Å²) in [5.74, 6) is 2.79. The summed E-state index contributed by atoms with van der Waals surface area (Å²) in [5, 5.41) is 3.62. The molecule has 0 saturated heterocycles. The number of ether oxygens (including phenoxy) is 1. The Kier molecular flexibility index (Phi) is 6.32. The van der Waals surface area contributed by atoms with Gasteiger partial charge in [0, 0.05) is 5.92 Å². The lowest BCUT2D eigenvalue weighted by Gasteiger charge is -2.35. The molecule has 0 amide bonds. The van der Waals surface area contributed by atoms with E-state index in [1.54, 1.807) is 7.11 Å². The van der Waals surface area contributed by atoms with Crippen LogP contribution in [0.4, 0.5) is 0 Å². The molecule has 0 unspecified atom stereocenters. The van der Waals surface area contributed by atoms with Crippen LogP contribution in [-0.4, -0.2) is 20.2 Å². The fraction of sp³-hybridized carbons (Fsp3) is 0.400. The smallest absolute Gasteiger partial charge is 0.119 e. The molecule has 32 heavy (non-hydrogen) atoms. The molecule has 2 atom stereocenters. The van der Waals surface area contributed by atoms with Gasteiger partial charge in [0.15, 0.2) is 0 Å². The van der Waals surface area contributed by atoms with E-state index in [-0.39, 0.29) is 0 Å². The zero-order valence-electron chi connectivity index (χ0n) is 19.4. The zero-order chi connectivity index (χ0) is 21.9. The Morgan fingerprint density at radius 3 is 2.47 bits per heavy atom. The van der Waals surface area contributed by atoms with Gasteiger partial charge in [0.2, 0.25) is 0 Å². The van der Waals surface area contributed by atoms with E-state index in [4.69, 9.17) is 4.74 Å². The van der Waals surface area contributed by atoms with Gasteiger partial charge in [-0.2, -0.15) is 0 Å². The molecule has 0 heterocycles. The molecular weight excluding hydrogens is 390 g/mol. The number of hydrogen-bond donors (Lipinski definition) is 1. The van der Waals surface area contributed by atoms with Crippen LogP contribution in [0.2, 0.25) is 0 Å². The maximum atomic E-state index is 5.53. The summed E-state index contributed by atoms with van der Waals surface area (Å²) in [7, 11) is 1.76. The Labute approximate surface area is 193 Å². The highest BCUT2D eigenvalue weighted by Crippen LogP contribution is 2.47. The third kappa shape index (κ3) is 4.61. The van der Waals surface area contributed by atoms with Crippen LogP contribution in [0.5, 0.6) is 5.75 Å². The summed E-state index contributed by atoms with van der Waals surface area (Å²) in [5.41, 5.74) is 8.65. The number of benzene rings is 3. The van der Waals surface area contributed by atoms with E-state index >= 15 is 0 Å². The molecule has 0 spiro atoms. The number of fused-ring (bicyclic) bond motifs is 1. The molecule has 2 aliphatic rings. The fourth-order valence-corrected chi connectivity index (χ4v) is 5.43. The minimum atomic E-state index is 0.382. The van der Waals surface area contributed by atoms with E-state index in [2.05, 4.69) is 79.0 Å². The largest absolute Gasteiger partial charge is 0.497 e. The van der Waals surface area contributed by atoms with Crippen LogP contribution in [0, 0.1) is 12.8 Å². The van der Waals surface area contributed by atoms with Crippen molar-refractivity contribution < 1.29 is 4.74 Å². The molecular formula is C30H35NO. The normalized spacial score (nSPS) is 20.1. The van der Waals surface area contributed by atoms with Gasteiger partial charge < -0.3 is 10.1 Å². The molecule has 1 N–H and O–H groups in total. The monoisotopic (exact) mass is 425 g/mol. The molecule has 0 radical (unpaired) electrons. The highest BCUT2D eigenvalue weighted by atomic mass is 16.5. The Bertz CT molecular complexity index is 1050. The van der Waals surface area contributed by atoms with Gasteiger partial charge in [0.05, 0.1) is 7.11 Å². The van der Waals surface area contributed by atoms with Crippen molar-refractivity contribution in [3.63, 3.8) is 0 Å². The van der Waals surface area contributed by atoms with Gasteiger partial charge in [-0.25, -0.2) is 0 Å². The first-order valence-corrected chi connectivity index (χ1v) is 12.2. The molecule has 3 aromatic rings. The van der Waals surface area contributed by atoms with Gasteiger partial charge >= 0.3 is 0 Å². The molecule has 1 fully saturated rings. The topological polar surface area (TPSA) is 21.3 Å². The molecule has 0 aromatic heterocycles. The minimum absolute atomic E-state index is 0.382. The Hall–Kier alpha value is -2.58. The fourth-order valence-electron chi connectivity index (χ4n) is 5.43. The van der Waals surface area contributed by atoms with Crippen molar-refractivity contribution in [3.05, 3.63) is 100 Å². The summed E-state index contributed by atoms with van der Waals surface area (Å²) in [6.07, 6.45) is 6.21. The van der Waals surface area contributed by atoms with Crippen LogP contribution >= 0.6 is 0 Å². The average Bonchev–Trinajstić information content (AvgIpc) is 3.66. The van der Waals surface area contributed by atoms with Gasteiger partial charge in [0.1, 0.15) is 5.75 Å². The van der Waals surface area contributed by atoms with Crippen molar-refractivity contribution in [3.8, 4) is 5.75 Å². The van der Waals surface area contributed by atoms with Crippen LogP contribution in [0.3, 0.4) is 0 Å². The van der Waals surface area contributed by atoms with E-state index in [9.17, 15) is 0 Å². The lowest BCUT2D eigenvalue weighted by molar-refractivity contribution is 0.412. The summed E-state index contributed by atoms with van der Waals surface area (Å²) in [6.45, 7) is 4.53. The number of methoxy groups -OCH3 is 1. The van der Waals surface area contributed by atoms with Crippen molar-refractivity contribution in [1.29, 1.82) is 0 Å². The summed E-state index contributed by atoms with van der Waals surface area (Å²) in [6, 6.07) is 25.1. The lowest BCUT2D eigenvalue weighted by Crippen LogP contribution is -2.21. The Morgan fingerprint density at radius 2 is 1.72 bits per heavy atom. The first-order valence-electron chi connectivity index (χ1n) is 12.2. The second-order valence-corrected chi connectivity index (χ2v) is 9.68.